The molecule has 2 rings (SSSR count). The van der Waals surface area contributed by atoms with Crippen molar-refractivity contribution in [2.24, 2.45) is 11.8 Å². The zero-order valence-electron chi connectivity index (χ0n) is 10.1. The van der Waals surface area contributed by atoms with Crippen LogP contribution in [-0.2, 0) is 11.3 Å². The zero-order chi connectivity index (χ0) is 13.0. The second kappa shape index (κ2) is 5.65. The lowest BCUT2D eigenvalue weighted by Crippen LogP contribution is -2.42. The van der Waals surface area contributed by atoms with E-state index in [1.165, 1.54) is 5.56 Å². The van der Waals surface area contributed by atoms with E-state index in [2.05, 4.69) is 11.0 Å². The van der Waals surface area contributed by atoms with Gasteiger partial charge in [0.05, 0.1) is 17.9 Å². The number of rotatable bonds is 3. The van der Waals surface area contributed by atoms with Gasteiger partial charge >= 0.3 is 5.97 Å². The first-order chi connectivity index (χ1) is 8.70. The summed E-state index contributed by atoms with van der Waals surface area (Å²) >= 11 is 0. The van der Waals surface area contributed by atoms with E-state index in [9.17, 15) is 4.79 Å². The summed E-state index contributed by atoms with van der Waals surface area (Å²) in [7, 11) is 0. The minimum absolute atomic E-state index is 0.403. The third-order valence-corrected chi connectivity index (χ3v) is 3.43. The number of carbonyl (C=O) groups is 1. The van der Waals surface area contributed by atoms with Crippen LogP contribution in [0.15, 0.2) is 30.3 Å². The third kappa shape index (κ3) is 2.88. The lowest BCUT2D eigenvalue weighted by Gasteiger charge is -2.33. The smallest absolute Gasteiger partial charge is 0.307 e. The fraction of sp³-hybridized carbons (Fsp3) is 0.429. The molecule has 1 N–H and O–H groups in total. The summed E-state index contributed by atoms with van der Waals surface area (Å²) in [5.41, 5.74) is 1.20. The van der Waals surface area contributed by atoms with Crippen LogP contribution in [0.2, 0.25) is 0 Å². The average molecular weight is 244 g/mol. The summed E-state index contributed by atoms with van der Waals surface area (Å²) in [5, 5.41) is 18.1. The second-order valence-electron chi connectivity index (χ2n) is 4.69. The number of benzene rings is 1. The first kappa shape index (κ1) is 12.6. The Balaban J connectivity index is 1.98. The molecule has 1 aliphatic rings. The van der Waals surface area contributed by atoms with Gasteiger partial charge in [-0.15, -0.1) is 0 Å². The summed E-state index contributed by atoms with van der Waals surface area (Å²) < 4.78 is 0. The number of nitrogens with zero attached hydrogens (tertiary/aromatic N) is 2. The number of hydrogen-bond donors (Lipinski definition) is 1. The standard InChI is InChI=1S/C14H16N2O2/c15-8-12-10-16(7-6-13(12)14(17)18)9-11-4-2-1-3-5-11/h1-5,12-13H,6-7,9-10H2,(H,17,18). The number of carboxylic acids is 1. The summed E-state index contributed by atoms with van der Waals surface area (Å²) in [5.74, 6) is -1.76. The van der Waals surface area contributed by atoms with Gasteiger partial charge < -0.3 is 5.11 Å². The van der Waals surface area contributed by atoms with E-state index in [0.29, 0.717) is 13.0 Å². The maximum atomic E-state index is 11.0. The maximum Gasteiger partial charge on any atom is 0.307 e. The number of carboxylic acid groups (broad SMARTS) is 1. The molecule has 1 heterocycles. The second-order valence-corrected chi connectivity index (χ2v) is 4.69. The van der Waals surface area contributed by atoms with E-state index in [0.717, 1.165) is 13.1 Å². The molecule has 1 aromatic rings. The summed E-state index contributed by atoms with van der Waals surface area (Å²) in [6, 6.07) is 12.2. The predicted molar refractivity (Wildman–Crippen MR) is 66.6 cm³/mol. The van der Waals surface area contributed by atoms with Crippen LogP contribution in [0.5, 0.6) is 0 Å². The Kier molecular flexibility index (Phi) is 3.96. The van der Waals surface area contributed by atoms with E-state index in [1.54, 1.807) is 0 Å². The van der Waals surface area contributed by atoms with Crippen molar-refractivity contribution in [3.05, 3.63) is 35.9 Å². The van der Waals surface area contributed by atoms with Gasteiger partial charge in [-0.2, -0.15) is 5.26 Å². The van der Waals surface area contributed by atoms with Crippen LogP contribution in [-0.4, -0.2) is 29.1 Å². The third-order valence-electron chi connectivity index (χ3n) is 3.43. The Labute approximate surface area is 106 Å². The minimum atomic E-state index is -0.846. The fourth-order valence-electron chi connectivity index (χ4n) is 2.43. The Morgan fingerprint density at radius 1 is 1.44 bits per heavy atom. The minimum Gasteiger partial charge on any atom is -0.481 e. The number of hydrogen-bond acceptors (Lipinski definition) is 3. The Morgan fingerprint density at radius 3 is 2.78 bits per heavy atom. The van der Waals surface area contributed by atoms with Crippen LogP contribution in [0.3, 0.4) is 0 Å². The van der Waals surface area contributed by atoms with Crippen molar-refractivity contribution in [2.75, 3.05) is 13.1 Å². The molecule has 4 heteroatoms. The molecule has 0 saturated carbocycles. The number of aliphatic carboxylic acids is 1. The van der Waals surface area contributed by atoms with Crippen LogP contribution in [0.4, 0.5) is 0 Å². The van der Waals surface area contributed by atoms with E-state index < -0.39 is 17.8 Å². The molecule has 4 nitrogen and oxygen atoms in total. The summed E-state index contributed by atoms with van der Waals surface area (Å²) in [6.45, 7) is 2.07. The van der Waals surface area contributed by atoms with Gasteiger partial charge in [0.15, 0.2) is 0 Å². The molecule has 2 atom stereocenters. The van der Waals surface area contributed by atoms with Gasteiger partial charge in [0.25, 0.3) is 0 Å². The molecule has 0 spiro atoms. The summed E-state index contributed by atoms with van der Waals surface area (Å²) in [4.78, 5) is 13.2. The molecule has 1 fully saturated rings. The van der Waals surface area contributed by atoms with Gasteiger partial charge in [-0.05, 0) is 18.5 Å². The highest BCUT2D eigenvalue weighted by molar-refractivity contribution is 5.71. The number of piperidine rings is 1. The van der Waals surface area contributed by atoms with Crippen LogP contribution >= 0.6 is 0 Å². The quantitative estimate of drug-likeness (QED) is 0.879. The Hall–Kier alpha value is -1.86. The summed E-state index contributed by atoms with van der Waals surface area (Å²) in [6.07, 6.45) is 0.556. The highest BCUT2D eigenvalue weighted by atomic mass is 16.4. The molecule has 94 valence electrons. The molecule has 0 aliphatic carbocycles. The van der Waals surface area contributed by atoms with Crippen LogP contribution < -0.4 is 0 Å². The van der Waals surface area contributed by atoms with Crippen molar-refractivity contribution in [3.63, 3.8) is 0 Å². The van der Waals surface area contributed by atoms with E-state index in [1.807, 2.05) is 30.3 Å². The molecule has 1 saturated heterocycles. The molecule has 0 radical (unpaired) electrons. The van der Waals surface area contributed by atoms with Gasteiger partial charge in [-0.25, -0.2) is 0 Å². The van der Waals surface area contributed by atoms with E-state index in [-0.39, 0.29) is 0 Å². The monoisotopic (exact) mass is 244 g/mol. The number of likely N-dealkylation sites (tertiary alicyclic amines) is 1. The van der Waals surface area contributed by atoms with Crippen molar-refractivity contribution in [1.82, 2.24) is 4.90 Å². The van der Waals surface area contributed by atoms with Crippen molar-refractivity contribution in [2.45, 2.75) is 13.0 Å². The molecule has 1 aromatic carbocycles. The van der Waals surface area contributed by atoms with Gasteiger partial charge in [0.2, 0.25) is 0 Å². The van der Waals surface area contributed by atoms with Crippen LogP contribution in [0.25, 0.3) is 0 Å². The highest BCUT2D eigenvalue weighted by Gasteiger charge is 2.33. The molecule has 18 heavy (non-hydrogen) atoms. The lowest BCUT2D eigenvalue weighted by atomic mass is 9.86. The number of nitriles is 1. The van der Waals surface area contributed by atoms with Gasteiger partial charge in [-0.3, -0.25) is 9.69 Å². The van der Waals surface area contributed by atoms with Gasteiger partial charge in [0.1, 0.15) is 0 Å². The Bertz CT molecular complexity index is 453. The van der Waals surface area contributed by atoms with Crippen molar-refractivity contribution in [3.8, 4) is 6.07 Å². The van der Waals surface area contributed by atoms with E-state index in [4.69, 9.17) is 10.4 Å². The molecule has 0 aromatic heterocycles. The Morgan fingerprint density at radius 2 is 2.17 bits per heavy atom. The predicted octanol–water partition coefficient (Wildman–Crippen LogP) is 1.73. The van der Waals surface area contributed by atoms with Gasteiger partial charge in [-0.1, -0.05) is 30.3 Å². The van der Waals surface area contributed by atoms with Crippen LogP contribution in [0.1, 0.15) is 12.0 Å². The fourth-order valence-corrected chi connectivity index (χ4v) is 2.43. The maximum absolute atomic E-state index is 11.0. The largest absolute Gasteiger partial charge is 0.481 e. The molecule has 2 unspecified atom stereocenters. The SMILES string of the molecule is N#CC1CN(Cc2ccccc2)CCC1C(=O)O. The first-order valence-corrected chi connectivity index (χ1v) is 6.09. The zero-order valence-corrected chi connectivity index (χ0v) is 10.1. The van der Waals surface area contributed by atoms with Crippen molar-refractivity contribution >= 4 is 5.97 Å². The molecular weight excluding hydrogens is 228 g/mol. The molecule has 0 amide bonds. The van der Waals surface area contributed by atoms with Gasteiger partial charge in [0, 0.05) is 13.1 Å². The highest BCUT2D eigenvalue weighted by Crippen LogP contribution is 2.24. The topological polar surface area (TPSA) is 64.3 Å². The normalized spacial score (nSPS) is 24.4. The van der Waals surface area contributed by atoms with Crippen molar-refractivity contribution < 1.29 is 9.90 Å². The molecular formula is C14H16N2O2. The van der Waals surface area contributed by atoms with E-state index >= 15 is 0 Å². The first-order valence-electron chi connectivity index (χ1n) is 6.09. The lowest BCUT2D eigenvalue weighted by molar-refractivity contribution is -0.144. The van der Waals surface area contributed by atoms with Crippen molar-refractivity contribution in [1.29, 1.82) is 5.26 Å². The van der Waals surface area contributed by atoms with Crippen LogP contribution in [0, 0.1) is 23.2 Å². The molecule has 1 aliphatic heterocycles. The molecule has 0 bridgehead atoms. The average Bonchev–Trinajstić information content (AvgIpc) is 2.39.